The molecule has 1 unspecified atom stereocenters. The maximum atomic E-state index is 5.94. The third-order valence-electron chi connectivity index (χ3n) is 4.50. The van der Waals surface area contributed by atoms with E-state index in [1.165, 1.54) is 16.7 Å². The van der Waals surface area contributed by atoms with Crippen LogP contribution in [0.2, 0.25) is 0 Å². The minimum absolute atomic E-state index is 0.338. The highest BCUT2D eigenvalue weighted by atomic mass is 16.5. The predicted molar refractivity (Wildman–Crippen MR) is 108 cm³/mol. The van der Waals surface area contributed by atoms with Crippen LogP contribution in [0, 0.1) is 5.92 Å². The summed E-state index contributed by atoms with van der Waals surface area (Å²) in [5.41, 5.74) is 3.75. The van der Waals surface area contributed by atoms with Crippen molar-refractivity contribution in [1.82, 2.24) is 5.32 Å². The normalized spacial score (nSPS) is 12.1. The highest BCUT2D eigenvalue weighted by molar-refractivity contribution is 5.29. The zero-order chi connectivity index (χ0) is 18.2. The second-order valence-corrected chi connectivity index (χ2v) is 6.93. The second-order valence-electron chi connectivity index (χ2n) is 6.93. The van der Waals surface area contributed by atoms with Gasteiger partial charge in [-0.25, -0.2) is 0 Å². The van der Waals surface area contributed by atoms with E-state index in [9.17, 15) is 0 Å². The summed E-state index contributed by atoms with van der Waals surface area (Å²) in [6, 6.07) is 29.6. The van der Waals surface area contributed by atoms with Crippen LogP contribution < -0.4 is 10.1 Å². The summed E-state index contributed by atoms with van der Waals surface area (Å²) in [5, 5.41) is 3.70. The van der Waals surface area contributed by atoms with Crippen molar-refractivity contribution in [2.75, 3.05) is 0 Å². The Hall–Kier alpha value is -2.58. The summed E-state index contributed by atoms with van der Waals surface area (Å²) in [4.78, 5) is 0. The van der Waals surface area contributed by atoms with Crippen LogP contribution in [0.15, 0.2) is 84.9 Å². The minimum Gasteiger partial charge on any atom is -0.489 e. The van der Waals surface area contributed by atoms with E-state index >= 15 is 0 Å². The van der Waals surface area contributed by atoms with Crippen molar-refractivity contribution in [3.05, 3.63) is 102 Å². The lowest BCUT2D eigenvalue weighted by Crippen LogP contribution is -2.25. The molecule has 0 aliphatic carbocycles. The first-order valence-corrected chi connectivity index (χ1v) is 9.26. The molecule has 0 aliphatic rings. The van der Waals surface area contributed by atoms with E-state index < -0.39 is 0 Å². The third-order valence-corrected chi connectivity index (χ3v) is 4.50. The molecule has 0 aromatic heterocycles. The Kier molecular flexibility index (Phi) is 6.45. The average Bonchev–Trinajstić information content (AvgIpc) is 2.68. The van der Waals surface area contributed by atoms with Crippen molar-refractivity contribution >= 4 is 0 Å². The Balaban J connectivity index is 1.61. The number of hydrogen-bond donors (Lipinski definition) is 1. The van der Waals surface area contributed by atoms with E-state index in [1.54, 1.807) is 0 Å². The number of benzene rings is 3. The van der Waals surface area contributed by atoms with Crippen molar-refractivity contribution in [3.63, 3.8) is 0 Å². The number of hydrogen-bond acceptors (Lipinski definition) is 2. The molecule has 0 fully saturated rings. The van der Waals surface area contributed by atoms with Gasteiger partial charge in [-0.05, 0) is 34.7 Å². The van der Waals surface area contributed by atoms with Gasteiger partial charge in [-0.15, -0.1) is 0 Å². The summed E-state index contributed by atoms with van der Waals surface area (Å²) in [7, 11) is 0. The van der Waals surface area contributed by atoms with Crippen LogP contribution in [0.4, 0.5) is 0 Å². The van der Waals surface area contributed by atoms with Gasteiger partial charge in [-0.3, -0.25) is 0 Å². The summed E-state index contributed by atoms with van der Waals surface area (Å²) >= 11 is 0. The van der Waals surface area contributed by atoms with Crippen molar-refractivity contribution < 1.29 is 4.74 Å². The van der Waals surface area contributed by atoms with E-state index in [4.69, 9.17) is 4.74 Å². The summed E-state index contributed by atoms with van der Waals surface area (Å²) in [5.74, 6) is 1.43. The standard InChI is InChI=1S/C24H27NO/c1-19(2)24(22-13-7-4-8-14-22)25-17-21-12-9-15-23(16-21)26-18-20-10-5-3-6-11-20/h3-16,19,24-25H,17-18H2,1-2H3. The summed E-state index contributed by atoms with van der Waals surface area (Å²) in [6.45, 7) is 5.92. The maximum Gasteiger partial charge on any atom is 0.120 e. The molecule has 0 spiro atoms. The number of rotatable bonds is 8. The fourth-order valence-electron chi connectivity index (χ4n) is 3.11. The van der Waals surface area contributed by atoms with Gasteiger partial charge in [0.05, 0.1) is 0 Å². The summed E-state index contributed by atoms with van der Waals surface area (Å²) in [6.07, 6.45) is 0. The van der Waals surface area contributed by atoms with E-state index in [0.717, 1.165) is 12.3 Å². The lowest BCUT2D eigenvalue weighted by molar-refractivity contribution is 0.305. The molecule has 0 saturated carbocycles. The van der Waals surface area contributed by atoms with Gasteiger partial charge in [0.25, 0.3) is 0 Å². The molecule has 2 nitrogen and oxygen atoms in total. The SMILES string of the molecule is CC(C)C(NCc1cccc(OCc2ccccc2)c1)c1ccccc1. The number of ether oxygens (including phenoxy) is 1. The van der Waals surface area contributed by atoms with Crippen LogP contribution in [0.5, 0.6) is 5.75 Å². The first-order valence-electron chi connectivity index (χ1n) is 9.26. The molecule has 3 rings (SSSR count). The average molecular weight is 345 g/mol. The first kappa shape index (κ1) is 18.2. The van der Waals surface area contributed by atoms with Crippen molar-refractivity contribution in [3.8, 4) is 5.75 Å². The Labute approximate surface area is 156 Å². The molecule has 1 N–H and O–H groups in total. The molecule has 0 amide bonds. The molecule has 3 aromatic carbocycles. The van der Waals surface area contributed by atoms with Gasteiger partial charge in [0.2, 0.25) is 0 Å². The van der Waals surface area contributed by atoms with E-state index in [0.29, 0.717) is 18.6 Å². The van der Waals surface area contributed by atoms with Gasteiger partial charge >= 0.3 is 0 Å². The summed E-state index contributed by atoms with van der Waals surface area (Å²) < 4.78 is 5.94. The highest BCUT2D eigenvalue weighted by Crippen LogP contribution is 2.22. The van der Waals surface area contributed by atoms with E-state index in [-0.39, 0.29) is 0 Å². The maximum absolute atomic E-state index is 5.94. The smallest absolute Gasteiger partial charge is 0.120 e. The minimum atomic E-state index is 0.338. The topological polar surface area (TPSA) is 21.3 Å². The second kappa shape index (κ2) is 9.21. The molecule has 0 radical (unpaired) electrons. The van der Waals surface area contributed by atoms with Crippen molar-refractivity contribution in [2.24, 2.45) is 5.92 Å². The number of nitrogens with one attached hydrogen (secondary N) is 1. The van der Waals surface area contributed by atoms with Gasteiger partial charge in [-0.2, -0.15) is 0 Å². The zero-order valence-electron chi connectivity index (χ0n) is 15.6. The van der Waals surface area contributed by atoms with Crippen molar-refractivity contribution in [1.29, 1.82) is 0 Å². The molecule has 0 aliphatic heterocycles. The monoisotopic (exact) mass is 345 g/mol. The van der Waals surface area contributed by atoms with Crippen LogP contribution in [0.1, 0.15) is 36.6 Å². The van der Waals surface area contributed by atoms with Crippen LogP contribution in [-0.2, 0) is 13.2 Å². The fourth-order valence-corrected chi connectivity index (χ4v) is 3.11. The van der Waals surface area contributed by atoms with Crippen LogP contribution >= 0.6 is 0 Å². The Morgan fingerprint density at radius 2 is 1.42 bits per heavy atom. The molecular formula is C24H27NO. The van der Waals surface area contributed by atoms with E-state index in [1.807, 2.05) is 24.3 Å². The van der Waals surface area contributed by atoms with Crippen molar-refractivity contribution in [2.45, 2.75) is 33.0 Å². The Bertz CT molecular complexity index is 784. The molecule has 134 valence electrons. The third kappa shape index (κ3) is 5.21. The van der Waals surface area contributed by atoms with Gasteiger partial charge in [-0.1, -0.05) is 86.6 Å². The van der Waals surface area contributed by atoms with Crippen LogP contribution in [0.3, 0.4) is 0 Å². The molecule has 2 heteroatoms. The highest BCUT2D eigenvalue weighted by Gasteiger charge is 2.14. The molecule has 0 saturated heterocycles. The van der Waals surface area contributed by atoms with Crippen LogP contribution in [-0.4, -0.2) is 0 Å². The predicted octanol–water partition coefficient (Wildman–Crippen LogP) is 5.75. The van der Waals surface area contributed by atoms with Gasteiger partial charge in [0.1, 0.15) is 12.4 Å². The Morgan fingerprint density at radius 1 is 0.769 bits per heavy atom. The molecule has 3 aromatic rings. The lowest BCUT2D eigenvalue weighted by atomic mass is 9.96. The van der Waals surface area contributed by atoms with Gasteiger partial charge in [0.15, 0.2) is 0 Å². The molecule has 0 bridgehead atoms. The van der Waals surface area contributed by atoms with Crippen LogP contribution in [0.25, 0.3) is 0 Å². The van der Waals surface area contributed by atoms with Gasteiger partial charge in [0, 0.05) is 12.6 Å². The first-order chi connectivity index (χ1) is 12.7. The molecule has 26 heavy (non-hydrogen) atoms. The molecule has 0 heterocycles. The fraction of sp³-hybridized carbons (Fsp3) is 0.250. The molecule has 1 atom stereocenters. The van der Waals surface area contributed by atoms with E-state index in [2.05, 4.69) is 79.8 Å². The Morgan fingerprint density at radius 3 is 2.12 bits per heavy atom. The zero-order valence-corrected chi connectivity index (χ0v) is 15.6. The quantitative estimate of drug-likeness (QED) is 0.561. The molecular weight excluding hydrogens is 318 g/mol. The lowest BCUT2D eigenvalue weighted by Gasteiger charge is -2.23. The van der Waals surface area contributed by atoms with Gasteiger partial charge < -0.3 is 10.1 Å². The largest absolute Gasteiger partial charge is 0.489 e.